The highest BCUT2D eigenvalue weighted by molar-refractivity contribution is 7.91. The number of hydrogen-bond donors (Lipinski definition) is 2. The molecule has 23 heavy (non-hydrogen) atoms. The van der Waals surface area contributed by atoms with Gasteiger partial charge in [-0.1, -0.05) is 13.8 Å². The second-order valence-electron chi connectivity index (χ2n) is 6.82. The molecule has 134 valence electrons. The first-order chi connectivity index (χ1) is 10.9. The van der Waals surface area contributed by atoms with Crippen molar-refractivity contribution < 1.29 is 17.9 Å². The molecule has 8 heteroatoms. The quantitative estimate of drug-likeness (QED) is 0.710. The lowest BCUT2D eigenvalue weighted by atomic mass is 10.0. The van der Waals surface area contributed by atoms with Crippen LogP contribution in [0.2, 0.25) is 0 Å². The minimum Gasteiger partial charge on any atom is -0.379 e. The lowest BCUT2D eigenvalue weighted by Gasteiger charge is -2.36. The predicted molar refractivity (Wildman–Crippen MR) is 89.2 cm³/mol. The molecule has 2 heterocycles. The van der Waals surface area contributed by atoms with Gasteiger partial charge in [-0.15, -0.1) is 0 Å². The van der Waals surface area contributed by atoms with Crippen LogP contribution in [-0.2, 0) is 14.6 Å². The lowest BCUT2D eigenvalue weighted by Crippen LogP contribution is -2.52. The summed E-state index contributed by atoms with van der Waals surface area (Å²) in [6.45, 7) is 8.60. The SMILES string of the molecule is CC(C)[C@H](CNC(=O)NC[C@@H]1CCS(=O)(=O)C1)N1CCOCC1. The molecule has 0 aliphatic carbocycles. The average molecular weight is 347 g/mol. The van der Waals surface area contributed by atoms with Crippen LogP contribution >= 0.6 is 0 Å². The molecule has 0 aromatic carbocycles. The number of carbonyl (C=O) groups is 1. The number of carbonyl (C=O) groups excluding carboxylic acids is 1. The van der Waals surface area contributed by atoms with Crippen molar-refractivity contribution in [1.82, 2.24) is 15.5 Å². The zero-order valence-electron chi connectivity index (χ0n) is 14.1. The number of rotatable bonds is 6. The Morgan fingerprint density at radius 3 is 2.52 bits per heavy atom. The van der Waals surface area contributed by atoms with Crippen molar-refractivity contribution in [3.8, 4) is 0 Å². The van der Waals surface area contributed by atoms with E-state index in [0.29, 0.717) is 25.4 Å². The molecule has 2 atom stereocenters. The zero-order valence-corrected chi connectivity index (χ0v) is 14.9. The van der Waals surface area contributed by atoms with Crippen LogP contribution in [0.5, 0.6) is 0 Å². The highest BCUT2D eigenvalue weighted by Crippen LogP contribution is 2.17. The van der Waals surface area contributed by atoms with Crippen LogP contribution in [0.3, 0.4) is 0 Å². The van der Waals surface area contributed by atoms with E-state index in [1.165, 1.54) is 0 Å². The van der Waals surface area contributed by atoms with Gasteiger partial charge in [-0.2, -0.15) is 0 Å². The Morgan fingerprint density at radius 1 is 1.26 bits per heavy atom. The van der Waals surface area contributed by atoms with Crippen molar-refractivity contribution in [2.24, 2.45) is 11.8 Å². The van der Waals surface area contributed by atoms with E-state index < -0.39 is 9.84 Å². The van der Waals surface area contributed by atoms with Crippen LogP contribution < -0.4 is 10.6 Å². The van der Waals surface area contributed by atoms with Gasteiger partial charge in [-0.3, -0.25) is 4.90 Å². The molecule has 2 aliphatic heterocycles. The Bertz CT molecular complexity index is 489. The van der Waals surface area contributed by atoms with Gasteiger partial charge < -0.3 is 15.4 Å². The fourth-order valence-electron chi connectivity index (χ4n) is 3.23. The van der Waals surface area contributed by atoms with Crippen molar-refractivity contribution >= 4 is 15.9 Å². The number of amides is 2. The summed E-state index contributed by atoms with van der Waals surface area (Å²) < 4.78 is 28.2. The van der Waals surface area contributed by atoms with E-state index >= 15 is 0 Å². The Hall–Kier alpha value is -0.860. The predicted octanol–water partition coefficient (Wildman–Crippen LogP) is 0.0771. The number of nitrogens with zero attached hydrogens (tertiary/aromatic N) is 1. The van der Waals surface area contributed by atoms with Gasteiger partial charge in [0.1, 0.15) is 0 Å². The summed E-state index contributed by atoms with van der Waals surface area (Å²) in [4.78, 5) is 14.3. The number of hydrogen-bond acceptors (Lipinski definition) is 5. The molecule has 2 amide bonds. The number of ether oxygens (including phenoxy) is 1. The molecule has 2 saturated heterocycles. The topological polar surface area (TPSA) is 87.7 Å². The van der Waals surface area contributed by atoms with Crippen LogP contribution in [0.4, 0.5) is 4.79 Å². The number of morpholine rings is 1. The third kappa shape index (κ3) is 5.93. The molecule has 7 nitrogen and oxygen atoms in total. The maximum absolute atomic E-state index is 12.0. The summed E-state index contributed by atoms with van der Waals surface area (Å²) in [7, 11) is -2.89. The van der Waals surface area contributed by atoms with E-state index in [1.54, 1.807) is 0 Å². The molecule has 0 radical (unpaired) electrons. The van der Waals surface area contributed by atoms with Gasteiger partial charge in [-0.25, -0.2) is 13.2 Å². The number of urea groups is 1. The summed E-state index contributed by atoms with van der Waals surface area (Å²) in [5, 5.41) is 5.73. The fourth-order valence-corrected chi connectivity index (χ4v) is 5.09. The highest BCUT2D eigenvalue weighted by atomic mass is 32.2. The van der Waals surface area contributed by atoms with E-state index in [2.05, 4.69) is 29.4 Å². The van der Waals surface area contributed by atoms with E-state index in [-0.39, 0.29) is 29.5 Å². The van der Waals surface area contributed by atoms with Gasteiger partial charge in [0.2, 0.25) is 0 Å². The van der Waals surface area contributed by atoms with Crippen LogP contribution in [-0.4, -0.2) is 76.3 Å². The fraction of sp³-hybridized carbons (Fsp3) is 0.933. The van der Waals surface area contributed by atoms with Crippen LogP contribution in [0.15, 0.2) is 0 Å². The third-order valence-corrected chi connectivity index (χ3v) is 6.47. The van der Waals surface area contributed by atoms with Gasteiger partial charge in [0.25, 0.3) is 0 Å². The molecule has 0 bridgehead atoms. The largest absolute Gasteiger partial charge is 0.379 e. The van der Waals surface area contributed by atoms with Gasteiger partial charge in [0.15, 0.2) is 9.84 Å². The molecule has 2 aliphatic rings. The summed E-state index contributed by atoms with van der Waals surface area (Å²) in [6, 6.07) is 0.0738. The third-order valence-electron chi connectivity index (χ3n) is 4.63. The molecule has 0 aromatic rings. The standard InChI is InChI=1S/C15H29N3O4S/c1-12(2)14(18-4-6-22-7-5-18)10-17-15(19)16-9-13-3-8-23(20,21)11-13/h12-14H,3-11H2,1-2H3,(H2,16,17,19)/t13-,14-/m0/s1. The van der Waals surface area contributed by atoms with E-state index in [1.807, 2.05) is 0 Å². The van der Waals surface area contributed by atoms with Gasteiger partial charge in [0, 0.05) is 32.2 Å². The Kier molecular flexibility index (Phi) is 6.67. The van der Waals surface area contributed by atoms with Crippen molar-refractivity contribution in [3.63, 3.8) is 0 Å². The summed E-state index contributed by atoms with van der Waals surface area (Å²) in [6.07, 6.45) is 0.644. The maximum Gasteiger partial charge on any atom is 0.314 e. The smallest absolute Gasteiger partial charge is 0.314 e. The molecular weight excluding hydrogens is 318 g/mol. The average Bonchev–Trinajstić information content (AvgIpc) is 2.85. The van der Waals surface area contributed by atoms with Crippen molar-refractivity contribution in [2.75, 3.05) is 50.9 Å². The monoisotopic (exact) mass is 347 g/mol. The van der Waals surface area contributed by atoms with Crippen molar-refractivity contribution in [3.05, 3.63) is 0 Å². The van der Waals surface area contributed by atoms with Crippen LogP contribution in [0.25, 0.3) is 0 Å². The minimum atomic E-state index is -2.89. The molecule has 0 aromatic heterocycles. The van der Waals surface area contributed by atoms with Gasteiger partial charge >= 0.3 is 6.03 Å². The van der Waals surface area contributed by atoms with Crippen molar-refractivity contribution in [2.45, 2.75) is 26.3 Å². The lowest BCUT2D eigenvalue weighted by molar-refractivity contribution is 0.00719. The molecule has 2 fully saturated rings. The highest BCUT2D eigenvalue weighted by Gasteiger charge is 2.28. The van der Waals surface area contributed by atoms with E-state index in [0.717, 1.165) is 26.3 Å². The van der Waals surface area contributed by atoms with Gasteiger partial charge in [0.05, 0.1) is 24.7 Å². The Labute approximate surface area is 139 Å². The Balaban J connectivity index is 1.71. The van der Waals surface area contributed by atoms with Crippen LogP contribution in [0, 0.1) is 11.8 Å². The summed E-state index contributed by atoms with van der Waals surface area (Å²) >= 11 is 0. The normalized spacial score (nSPS) is 26.1. The Morgan fingerprint density at radius 2 is 1.96 bits per heavy atom. The zero-order chi connectivity index (χ0) is 16.9. The number of nitrogens with one attached hydrogen (secondary N) is 2. The van der Waals surface area contributed by atoms with E-state index in [4.69, 9.17) is 4.74 Å². The summed E-state index contributed by atoms with van der Waals surface area (Å²) in [5.41, 5.74) is 0. The number of sulfone groups is 1. The molecular formula is C15H29N3O4S. The minimum absolute atomic E-state index is 0.0471. The molecule has 0 spiro atoms. The first-order valence-corrected chi connectivity index (χ1v) is 10.2. The van der Waals surface area contributed by atoms with E-state index in [9.17, 15) is 13.2 Å². The first-order valence-electron chi connectivity index (χ1n) is 8.41. The second-order valence-corrected chi connectivity index (χ2v) is 9.05. The summed E-state index contributed by atoms with van der Waals surface area (Å²) in [5.74, 6) is 0.919. The second kappa shape index (κ2) is 8.30. The van der Waals surface area contributed by atoms with Crippen LogP contribution in [0.1, 0.15) is 20.3 Å². The molecule has 2 rings (SSSR count). The maximum atomic E-state index is 12.0. The van der Waals surface area contributed by atoms with Crippen molar-refractivity contribution in [1.29, 1.82) is 0 Å². The molecule has 0 unspecified atom stereocenters. The van der Waals surface area contributed by atoms with Gasteiger partial charge in [-0.05, 0) is 18.3 Å². The first kappa shape index (κ1) is 18.5. The molecule has 0 saturated carbocycles. The molecule has 2 N–H and O–H groups in total.